The Morgan fingerprint density at radius 1 is 1.32 bits per heavy atom. The van der Waals surface area contributed by atoms with Crippen molar-refractivity contribution in [3.63, 3.8) is 0 Å². The summed E-state index contributed by atoms with van der Waals surface area (Å²) in [4.78, 5) is 21.7. The lowest BCUT2D eigenvalue weighted by molar-refractivity contribution is -0.136. The minimum absolute atomic E-state index is 0.0334. The van der Waals surface area contributed by atoms with Crippen molar-refractivity contribution in [2.24, 2.45) is 5.41 Å². The number of amides is 1. The Morgan fingerprint density at radius 2 is 2.14 bits per heavy atom. The standard InChI is InChI=1S/C30H39FN4O2/c1-5-23(17-24(31)6-2)27-18-30(3,4)12-10-28-32-19-25(35(27)28)11-13-33-14-15-34(29(37)21-33)20-22-8-7-9-26(36)16-22/h5-9,16-17,19,27,36H,1,10-15,18,20-21H2,2-4H3/b23-17+,24-6+. The van der Waals surface area contributed by atoms with Crippen LogP contribution in [0.25, 0.3) is 0 Å². The number of aromatic hydroxyl groups is 1. The Hall–Kier alpha value is -3.19. The Labute approximate surface area is 219 Å². The Bertz CT molecular complexity index is 1200. The molecule has 7 heteroatoms. The lowest BCUT2D eigenvalue weighted by Crippen LogP contribution is -2.50. The zero-order valence-corrected chi connectivity index (χ0v) is 22.3. The summed E-state index contributed by atoms with van der Waals surface area (Å²) in [5.41, 5.74) is 3.00. The minimum atomic E-state index is -0.262. The zero-order chi connectivity index (χ0) is 26.6. The van der Waals surface area contributed by atoms with Crippen LogP contribution in [0, 0.1) is 5.41 Å². The normalized spacial score (nSPS) is 21.0. The molecule has 0 radical (unpaired) electrons. The summed E-state index contributed by atoms with van der Waals surface area (Å²) in [5, 5.41) is 9.72. The summed E-state index contributed by atoms with van der Waals surface area (Å²) in [7, 11) is 0. The molecule has 3 heterocycles. The lowest BCUT2D eigenvalue weighted by atomic mass is 9.80. The molecule has 2 aromatic rings. The number of fused-ring (bicyclic) bond motifs is 1. The van der Waals surface area contributed by atoms with Gasteiger partial charge in [-0.05, 0) is 54.5 Å². The van der Waals surface area contributed by atoms with Gasteiger partial charge in [0, 0.05) is 50.9 Å². The van der Waals surface area contributed by atoms with E-state index in [1.54, 1.807) is 37.3 Å². The predicted molar refractivity (Wildman–Crippen MR) is 145 cm³/mol. The van der Waals surface area contributed by atoms with E-state index in [1.807, 2.05) is 17.2 Å². The summed E-state index contributed by atoms with van der Waals surface area (Å²) in [6.45, 7) is 13.3. The van der Waals surface area contributed by atoms with E-state index < -0.39 is 0 Å². The maximum atomic E-state index is 14.3. The topological polar surface area (TPSA) is 61.6 Å². The summed E-state index contributed by atoms with van der Waals surface area (Å²) >= 11 is 0. The number of carbonyl (C=O) groups is 1. The van der Waals surface area contributed by atoms with Crippen LogP contribution in [0.1, 0.15) is 56.7 Å². The van der Waals surface area contributed by atoms with Crippen LogP contribution in [0.15, 0.2) is 66.7 Å². The highest BCUT2D eigenvalue weighted by atomic mass is 19.1. The number of aromatic nitrogens is 2. The molecule has 1 amide bonds. The fourth-order valence-electron chi connectivity index (χ4n) is 5.42. The van der Waals surface area contributed by atoms with E-state index in [1.165, 1.54) is 6.08 Å². The molecule has 37 heavy (non-hydrogen) atoms. The number of carbonyl (C=O) groups excluding carboxylic acids is 1. The van der Waals surface area contributed by atoms with Crippen LogP contribution < -0.4 is 0 Å². The monoisotopic (exact) mass is 506 g/mol. The van der Waals surface area contributed by atoms with Gasteiger partial charge in [0.2, 0.25) is 5.91 Å². The fraction of sp³-hybridized carbons (Fsp3) is 0.467. The molecule has 198 valence electrons. The van der Waals surface area contributed by atoms with Gasteiger partial charge < -0.3 is 14.6 Å². The van der Waals surface area contributed by atoms with E-state index in [-0.39, 0.29) is 28.9 Å². The van der Waals surface area contributed by atoms with Gasteiger partial charge in [-0.2, -0.15) is 0 Å². The highest BCUT2D eigenvalue weighted by Crippen LogP contribution is 2.41. The first-order chi connectivity index (χ1) is 17.7. The molecular weight excluding hydrogens is 467 g/mol. The van der Waals surface area contributed by atoms with E-state index in [0.29, 0.717) is 19.6 Å². The number of benzene rings is 1. The van der Waals surface area contributed by atoms with Crippen LogP contribution in [-0.4, -0.2) is 56.5 Å². The Morgan fingerprint density at radius 3 is 2.84 bits per heavy atom. The number of piperazine rings is 1. The molecule has 1 fully saturated rings. The zero-order valence-electron chi connectivity index (χ0n) is 22.3. The molecule has 1 saturated heterocycles. The molecule has 4 rings (SSSR count). The second kappa shape index (κ2) is 11.5. The van der Waals surface area contributed by atoms with Crippen LogP contribution in [-0.2, 0) is 24.2 Å². The van der Waals surface area contributed by atoms with Crippen LogP contribution >= 0.6 is 0 Å². The Balaban J connectivity index is 1.47. The number of hydrogen-bond acceptors (Lipinski definition) is 4. The van der Waals surface area contributed by atoms with Gasteiger partial charge in [0.15, 0.2) is 0 Å². The van der Waals surface area contributed by atoms with E-state index in [0.717, 1.165) is 61.4 Å². The highest BCUT2D eigenvalue weighted by molar-refractivity contribution is 5.79. The highest BCUT2D eigenvalue weighted by Gasteiger charge is 2.33. The number of phenols is 1. The van der Waals surface area contributed by atoms with Gasteiger partial charge in [-0.3, -0.25) is 9.69 Å². The minimum Gasteiger partial charge on any atom is -0.508 e. The third-order valence-electron chi connectivity index (χ3n) is 7.60. The molecule has 0 aliphatic carbocycles. The van der Waals surface area contributed by atoms with Crippen molar-refractivity contribution in [3.8, 4) is 5.75 Å². The smallest absolute Gasteiger partial charge is 0.237 e. The number of hydrogen-bond donors (Lipinski definition) is 1. The molecule has 2 aliphatic heterocycles. The number of aryl methyl sites for hydroxylation is 1. The summed E-state index contributed by atoms with van der Waals surface area (Å²) in [6, 6.07) is 7.03. The van der Waals surface area contributed by atoms with Gasteiger partial charge in [-0.25, -0.2) is 9.37 Å². The van der Waals surface area contributed by atoms with E-state index in [9.17, 15) is 14.3 Å². The quantitative estimate of drug-likeness (QED) is 0.490. The molecule has 1 aromatic heterocycles. The molecule has 0 spiro atoms. The first kappa shape index (κ1) is 26.9. The van der Waals surface area contributed by atoms with E-state index in [2.05, 4.69) is 29.9 Å². The number of rotatable bonds is 8. The molecule has 6 nitrogen and oxygen atoms in total. The second-order valence-corrected chi connectivity index (χ2v) is 11.0. The van der Waals surface area contributed by atoms with E-state index in [4.69, 9.17) is 4.98 Å². The van der Waals surface area contributed by atoms with Gasteiger partial charge in [-0.1, -0.05) is 44.7 Å². The fourth-order valence-corrected chi connectivity index (χ4v) is 5.42. The van der Waals surface area contributed by atoms with Crippen molar-refractivity contribution in [3.05, 3.63) is 83.8 Å². The molecule has 1 atom stereocenters. The average molecular weight is 507 g/mol. The predicted octanol–water partition coefficient (Wildman–Crippen LogP) is 5.36. The number of halogens is 1. The summed E-state index contributed by atoms with van der Waals surface area (Å²) < 4.78 is 16.6. The maximum Gasteiger partial charge on any atom is 0.237 e. The lowest BCUT2D eigenvalue weighted by Gasteiger charge is -2.34. The van der Waals surface area contributed by atoms with Crippen molar-refractivity contribution in [2.75, 3.05) is 26.2 Å². The Kier molecular flexibility index (Phi) is 8.32. The van der Waals surface area contributed by atoms with Crippen molar-refractivity contribution < 1.29 is 14.3 Å². The number of imidazole rings is 1. The molecule has 1 aromatic carbocycles. The number of allylic oxidation sites excluding steroid dienone is 5. The SMILES string of the molecule is C=C/C(=C\C(F)=C/C)C1CC(C)(C)CCc2ncc(CCN3CCN(Cc4cccc(O)c4)C(=O)C3)n21. The van der Waals surface area contributed by atoms with Crippen LogP contribution in [0.4, 0.5) is 4.39 Å². The van der Waals surface area contributed by atoms with Gasteiger partial charge in [-0.15, -0.1) is 0 Å². The van der Waals surface area contributed by atoms with Crippen LogP contribution in [0.3, 0.4) is 0 Å². The molecular formula is C30H39FN4O2. The first-order valence-electron chi connectivity index (χ1n) is 13.2. The molecule has 0 bridgehead atoms. The second-order valence-electron chi connectivity index (χ2n) is 11.0. The van der Waals surface area contributed by atoms with Crippen molar-refractivity contribution in [1.29, 1.82) is 0 Å². The van der Waals surface area contributed by atoms with Crippen molar-refractivity contribution >= 4 is 5.91 Å². The molecule has 1 N–H and O–H groups in total. The average Bonchev–Trinajstić information content (AvgIpc) is 3.21. The maximum absolute atomic E-state index is 14.3. The largest absolute Gasteiger partial charge is 0.508 e. The van der Waals surface area contributed by atoms with Gasteiger partial charge in [0.25, 0.3) is 0 Å². The molecule has 1 unspecified atom stereocenters. The van der Waals surface area contributed by atoms with Gasteiger partial charge >= 0.3 is 0 Å². The summed E-state index contributed by atoms with van der Waals surface area (Å²) in [6.07, 6.45) is 10.3. The first-order valence-corrected chi connectivity index (χ1v) is 13.2. The number of nitrogens with zero attached hydrogens (tertiary/aromatic N) is 4. The van der Waals surface area contributed by atoms with Crippen LogP contribution in [0.2, 0.25) is 0 Å². The number of phenolic OH excluding ortho intramolecular Hbond substituents is 1. The third kappa shape index (κ3) is 6.58. The third-order valence-corrected chi connectivity index (χ3v) is 7.60. The van der Waals surface area contributed by atoms with Crippen LogP contribution in [0.5, 0.6) is 5.75 Å². The molecule has 2 aliphatic rings. The van der Waals surface area contributed by atoms with Crippen molar-refractivity contribution in [1.82, 2.24) is 19.4 Å². The van der Waals surface area contributed by atoms with Gasteiger partial charge in [0.1, 0.15) is 17.4 Å². The van der Waals surface area contributed by atoms with Crippen molar-refractivity contribution in [2.45, 2.75) is 59.0 Å². The summed E-state index contributed by atoms with van der Waals surface area (Å²) in [5.74, 6) is 1.08. The van der Waals surface area contributed by atoms with E-state index >= 15 is 0 Å². The molecule has 0 saturated carbocycles. The van der Waals surface area contributed by atoms with Gasteiger partial charge in [0.05, 0.1) is 12.6 Å².